The number of nitrogens with two attached hydrogens (primary N) is 1. The second-order valence-corrected chi connectivity index (χ2v) is 1.81. The van der Waals surface area contributed by atoms with Gasteiger partial charge < -0.3 is 5.73 Å². The van der Waals surface area contributed by atoms with Gasteiger partial charge in [-0.05, 0) is 6.42 Å². The third kappa shape index (κ3) is 3.06. The molecule has 0 aromatic heterocycles. The summed E-state index contributed by atoms with van der Waals surface area (Å²) in [6.07, 6.45) is 2.68. The van der Waals surface area contributed by atoms with Gasteiger partial charge in [-0.25, -0.2) is 5.01 Å². The monoisotopic (exact) mass is 142 g/mol. The number of hydrazone groups is 1. The minimum absolute atomic E-state index is 0.421. The van der Waals surface area contributed by atoms with Crippen molar-refractivity contribution in [1.29, 1.82) is 0 Å². The molecule has 0 spiro atoms. The molecule has 4 heteroatoms. The molecule has 0 atom stereocenters. The zero-order valence-corrected chi connectivity index (χ0v) is 6.70. The van der Waals surface area contributed by atoms with E-state index < -0.39 is 0 Å². The summed E-state index contributed by atoms with van der Waals surface area (Å²) in [5.41, 5.74) is 5.42. The predicted octanol–water partition coefficient (Wildman–Crippen LogP) is 0.259. The van der Waals surface area contributed by atoms with Crippen LogP contribution in [0.3, 0.4) is 0 Å². The minimum atomic E-state index is 0.421. The summed E-state index contributed by atoms with van der Waals surface area (Å²) >= 11 is 0. The average molecular weight is 142 g/mol. The first-order chi connectivity index (χ1) is 4.72. The molecule has 0 unspecified atom stereocenters. The third-order valence-electron chi connectivity index (χ3n) is 0.998. The topological polar surface area (TPSA) is 54.0 Å². The van der Waals surface area contributed by atoms with Gasteiger partial charge in [0.1, 0.15) is 0 Å². The molecule has 0 aromatic rings. The molecule has 0 saturated carbocycles. The van der Waals surface area contributed by atoms with Crippen molar-refractivity contribution < 1.29 is 0 Å². The summed E-state index contributed by atoms with van der Waals surface area (Å²) in [6, 6.07) is 0. The normalized spacial score (nSPS) is 12.5. The minimum Gasteiger partial charge on any atom is -0.368 e. The second-order valence-electron chi connectivity index (χ2n) is 1.81. The van der Waals surface area contributed by atoms with Gasteiger partial charge in [0, 0.05) is 20.3 Å². The van der Waals surface area contributed by atoms with Crippen molar-refractivity contribution in [2.45, 2.75) is 13.3 Å². The van der Waals surface area contributed by atoms with E-state index in [9.17, 15) is 0 Å². The number of rotatable bonds is 2. The Morgan fingerprint density at radius 3 is 2.70 bits per heavy atom. The van der Waals surface area contributed by atoms with E-state index >= 15 is 0 Å². The third-order valence-corrected chi connectivity index (χ3v) is 0.998. The molecule has 0 saturated heterocycles. The van der Waals surface area contributed by atoms with Crippen LogP contribution in [0.1, 0.15) is 13.3 Å². The van der Waals surface area contributed by atoms with Gasteiger partial charge in [0.15, 0.2) is 0 Å². The molecule has 0 aliphatic carbocycles. The Balaban J connectivity index is 3.84. The zero-order chi connectivity index (χ0) is 7.98. The predicted molar refractivity (Wildman–Crippen MR) is 44.1 cm³/mol. The van der Waals surface area contributed by atoms with Gasteiger partial charge in [0.25, 0.3) is 0 Å². The first-order valence-electron chi connectivity index (χ1n) is 3.20. The van der Waals surface area contributed by atoms with Crippen LogP contribution >= 0.6 is 0 Å². The van der Waals surface area contributed by atoms with Crippen molar-refractivity contribution in [2.24, 2.45) is 15.8 Å². The van der Waals surface area contributed by atoms with E-state index in [-0.39, 0.29) is 0 Å². The summed E-state index contributed by atoms with van der Waals surface area (Å²) < 4.78 is 0. The smallest absolute Gasteiger partial charge is 0.211 e. The van der Waals surface area contributed by atoms with Crippen LogP contribution in [0.2, 0.25) is 0 Å². The van der Waals surface area contributed by atoms with Gasteiger partial charge >= 0.3 is 0 Å². The molecule has 0 heterocycles. The Morgan fingerprint density at radius 2 is 2.30 bits per heavy atom. The van der Waals surface area contributed by atoms with Gasteiger partial charge in [-0.2, -0.15) is 5.10 Å². The number of hydrogen-bond donors (Lipinski definition) is 1. The molecule has 0 fully saturated rings. The van der Waals surface area contributed by atoms with Crippen molar-refractivity contribution in [3.8, 4) is 0 Å². The van der Waals surface area contributed by atoms with E-state index in [0.717, 1.165) is 6.42 Å². The number of nitrogens with zero attached hydrogens (tertiary/aromatic N) is 3. The number of guanidine groups is 1. The molecule has 10 heavy (non-hydrogen) atoms. The Labute approximate surface area is 61.4 Å². The first-order valence-corrected chi connectivity index (χ1v) is 3.20. The Morgan fingerprint density at radius 1 is 1.70 bits per heavy atom. The highest BCUT2D eigenvalue weighted by atomic mass is 15.5. The maximum atomic E-state index is 5.42. The molecule has 0 aromatic carbocycles. The largest absolute Gasteiger partial charge is 0.368 e. The lowest BCUT2D eigenvalue weighted by atomic mass is 10.6. The van der Waals surface area contributed by atoms with E-state index in [4.69, 9.17) is 5.73 Å². The number of hydrogen-bond acceptors (Lipinski definition) is 2. The number of aliphatic imine (C=N–C) groups is 1. The standard InChI is InChI=1S/C6H14N4/c1-4-5-9-10(3)6(7)8-2/h5H,4H2,1-3H3,(H2,7,8). The highest BCUT2D eigenvalue weighted by molar-refractivity contribution is 5.78. The van der Waals surface area contributed by atoms with E-state index in [1.165, 1.54) is 5.01 Å². The Hall–Kier alpha value is -1.06. The lowest BCUT2D eigenvalue weighted by Gasteiger charge is -2.09. The van der Waals surface area contributed by atoms with E-state index in [0.29, 0.717) is 5.96 Å². The summed E-state index contributed by atoms with van der Waals surface area (Å²) in [6.45, 7) is 2.01. The van der Waals surface area contributed by atoms with E-state index in [2.05, 4.69) is 10.1 Å². The summed E-state index contributed by atoms with van der Waals surface area (Å²) in [7, 11) is 3.39. The van der Waals surface area contributed by atoms with E-state index in [1.807, 2.05) is 6.92 Å². The van der Waals surface area contributed by atoms with Crippen LogP contribution < -0.4 is 5.73 Å². The van der Waals surface area contributed by atoms with Gasteiger partial charge in [-0.3, -0.25) is 4.99 Å². The Bertz CT molecular complexity index is 139. The maximum absolute atomic E-state index is 5.42. The molecule has 0 aliphatic rings. The van der Waals surface area contributed by atoms with Crippen molar-refractivity contribution >= 4 is 12.2 Å². The van der Waals surface area contributed by atoms with Gasteiger partial charge in [-0.1, -0.05) is 6.92 Å². The van der Waals surface area contributed by atoms with Crippen LogP contribution in [-0.2, 0) is 0 Å². The summed E-state index contributed by atoms with van der Waals surface area (Å²) in [5.74, 6) is 0.421. The quantitative estimate of drug-likeness (QED) is 0.341. The van der Waals surface area contributed by atoms with Crippen molar-refractivity contribution in [3.63, 3.8) is 0 Å². The molecule has 0 aliphatic heterocycles. The fourth-order valence-corrected chi connectivity index (χ4v) is 0.408. The van der Waals surface area contributed by atoms with Crippen LogP contribution in [0.25, 0.3) is 0 Å². The summed E-state index contributed by atoms with van der Waals surface area (Å²) in [5, 5.41) is 5.50. The van der Waals surface area contributed by atoms with Crippen LogP contribution in [0, 0.1) is 0 Å². The van der Waals surface area contributed by atoms with Gasteiger partial charge in [0.05, 0.1) is 0 Å². The molecule has 4 nitrogen and oxygen atoms in total. The van der Waals surface area contributed by atoms with Gasteiger partial charge in [-0.15, -0.1) is 0 Å². The fraction of sp³-hybridized carbons (Fsp3) is 0.667. The van der Waals surface area contributed by atoms with Crippen LogP contribution in [0.4, 0.5) is 0 Å². The maximum Gasteiger partial charge on any atom is 0.211 e. The van der Waals surface area contributed by atoms with Crippen molar-refractivity contribution in [1.82, 2.24) is 5.01 Å². The van der Waals surface area contributed by atoms with Crippen LogP contribution in [0.5, 0.6) is 0 Å². The van der Waals surface area contributed by atoms with Gasteiger partial charge in [0.2, 0.25) is 5.96 Å². The average Bonchev–Trinajstić information content (AvgIpc) is 1.98. The Kier molecular flexibility index (Phi) is 4.28. The van der Waals surface area contributed by atoms with Crippen molar-refractivity contribution in [3.05, 3.63) is 0 Å². The lowest BCUT2D eigenvalue weighted by molar-refractivity contribution is 0.538. The SMILES string of the molecule is CCC=NN(C)C(N)=NC. The van der Waals surface area contributed by atoms with Crippen molar-refractivity contribution in [2.75, 3.05) is 14.1 Å². The molecule has 58 valence electrons. The zero-order valence-electron chi connectivity index (χ0n) is 6.70. The molecule has 2 N–H and O–H groups in total. The van der Waals surface area contributed by atoms with E-state index in [1.54, 1.807) is 20.3 Å². The van der Waals surface area contributed by atoms with Crippen LogP contribution in [-0.4, -0.2) is 31.3 Å². The fourth-order valence-electron chi connectivity index (χ4n) is 0.408. The van der Waals surface area contributed by atoms with Crippen LogP contribution in [0.15, 0.2) is 10.1 Å². The summed E-state index contributed by atoms with van der Waals surface area (Å²) in [4.78, 5) is 3.75. The lowest BCUT2D eigenvalue weighted by Crippen LogP contribution is -2.29. The molecular weight excluding hydrogens is 128 g/mol. The first kappa shape index (κ1) is 8.94. The highest BCUT2D eigenvalue weighted by Gasteiger charge is 1.92. The molecule has 0 bridgehead atoms. The molecule has 0 rings (SSSR count). The highest BCUT2D eigenvalue weighted by Crippen LogP contribution is 1.81. The molecular formula is C6H14N4. The molecule has 0 radical (unpaired) electrons. The molecule has 0 amide bonds. The second kappa shape index (κ2) is 4.78.